The zero-order valence-corrected chi connectivity index (χ0v) is 13.1. The number of H-pyrrole nitrogens is 1. The molecule has 1 aliphatic rings. The molecule has 1 atom stereocenters. The first-order valence-corrected chi connectivity index (χ1v) is 7.88. The molecule has 0 bridgehead atoms. The van der Waals surface area contributed by atoms with E-state index in [-0.39, 0.29) is 12.5 Å². The van der Waals surface area contributed by atoms with Gasteiger partial charge in [-0.15, -0.1) is 0 Å². The molecule has 2 heterocycles. The molecular weight excluding hydrogens is 331 g/mol. The summed E-state index contributed by atoms with van der Waals surface area (Å²) in [4.78, 5) is 14.1. The molecule has 4 nitrogen and oxygen atoms in total. The summed E-state index contributed by atoms with van der Waals surface area (Å²) >= 11 is 0. The highest BCUT2D eigenvalue weighted by molar-refractivity contribution is 6.03. The molecule has 128 valence electrons. The van der Waals surface area contributed by atoms with E-state index < -0.39 is 17.8 Å². The highest BCUT2D eigenvalue weighted by Crippen LogP contribution is 2.31. The van der Waals surface area contributed by atoms with Gasteiger partial charge in [-0.1, -0.05) is 0 Å². The molecule has 1 amide bonds. The van der Waals surface area contributed by atoms with Gasteiger partial charge in [-0.25, -0.2) is 13.2 Å². The number of hydrogen-bond donors (Lipinski definition) is 1. The number of nitrogens with zero attached hydrogens (tertiary/aromatic N) is 2. The van der Waals surface area contributed by atoms with Crippen LogP contribution >= 0.6 is 0 Å². The number of likely N-dealkylation sites (tertiary alicyclic amines) is 1. The van der Waals surface area contributed by atoms with Crippen LogP contribution in [-0.2, 0) is 0 Å². The third-order valence-electron chi connectivity index (χ3n) is 4.40. The van der Waals surface area contributed by atoms with E-state index >= 15 is 0 Å². The average Bonchev–Trinajstić information content (AvgIpc) is 3.20. The van der Waals surface area contributed by atoms with Crippen molar-refractivity contribution in [1.82, 2.24) is 15.1 Å². The van der Waals surface area contributed by atoms with E-state index in [0.717, 1.165) is 6.07 Å². The highest BCUT2D eigenvalue weighted by atomic mass is 19.1. The zero-order valence-electron chi connectivity index (χ0n) is 13.1. The third kappa shape index (κ3) is 2.86. The molecule has 0 radical (unpaired) electrons. The Hall–Kier alpha value is -2.83. The van der Waals surface area contributed by atoms with Crippen LogP contribution < -0.4 is 0 Å². The van der Waals surface area contributed by atoms with E-state index in [1.165, 1.54) is 23.2 Å². The molecule has 0 spiro atoms. The van der Waals surface area contributed by atoms with Gasteiger partial charge in [-0.3, -0.25) is 9.89 Å². The van der Waals surface area contributed by atoms with E-state index in [9.17, 15) is 18.0 Å². The van der Waals surface area contributed by atoms with Crippen LogP contribution in [0.25, 0.3) is 22.0 Å². The lowest BCUT2D eigenvalue weighted by molar-refractivity contribution is 0.0783. The third-order valence-corrected chi connectivity index (χ3v) is 4.40. The SMILES string of the molecule is O=C(c1cc(-c2cc(F)cc(F)c2)c2cn[nH]c2c1)N1CC[C@@H](F)C1. The topological polar surface area (TPSA) is 49.0 Å². The van der Waals surface area contributed by atoms with Crippen LogP contribution in [0.3, 0.4) is 0 Å². The van der Waals surface area contributed by atoms with Crippen LogP contribution in [0.5, 0.6) is 0 Å². The molecule has 7 heteroatoms. The number of rotatable bonds is 2. The van der Waals surface area contributed by atoms with Gasteiger partial charge >= 0.3 is 0 Å². The minimum atomic E-state index is -1.02. The fourth-order valence-corrected chi connectivity index (χ4v) is 3.21. The predicted octanol–water partition coefficient (Wildman–Crippen LogP) is 3.69. The second kappa shape index (κ2) is 5.91. The van der Waals surface area contributed by atoms with Crippen molar-refractivity contribution in [3.8, 4) is 11.1 Å². The molecule has 1 fully saturated rings. The Morgan fingerprint density at radius 1 is 1.16 bits per heavy atom. The quantitative estimate of drug-likeness (QED) is 0.770. The first kappa shape index (κ1) is 15.7. The lowest BCUT2D eigenvalue weighted by atomic mass is 9.98. The number of carbonyl (C=O) groups is 1. The molecule has 25 heavy (non-hydrogen) atoms. The molecule has 3 aromatic rings. The summed E-state index contributed by atoms with van der Waals surface area (Å²) in [5.41, 5.74) is 1.69. The van der Waals surface area contributed by atoms with Gasteiger partial charge in [-0.2, -0.15) is 5.10 Å². The summed E-state index contributed by atoms with van der Waals surface area (Å²) < 4.78 is 40.6. The lowest BCUT2D eigenvalue weighted by Crippen LogP contribution is -2.28. The Morgan fingerprint density at radius 2 is 1.92 bits per heavy atom. The summed E-state index contributed by atoms with van der Waals surface area (Å²) in [6.45, 7) is 0.411. The van der Waals surface area contributed by atoms with Crippen molar-refractivity contribution in [2.75, 3.05) is 13.1 Å². The second-order valence-electron chi connectivity index (χ2n) is 6.15. The van der Waals surface area contributed by atoms with Crippen LogP contribution in [-0.4, -0.2) is 40.3 Å². The smallest absolute Gasteiger partial charge is 0.254 e. The van der Waals surface area contributed by atoms with E-state index in [0.29, 0.717) is 40.6 Å². The van der Waals surface area contributed by atoms with Crippen LogP contribution in [0, 0.1) is 11.6 Å². The number of halogens is 3. The molecule has 1 aromatic heterocycles. The van der Waals surface area contributed by atoms with E-state index in [4.69, 9.17) is 0 Å². The van der Waals surface area contributed by atoms with Gasteiger partial charge in [0.25, 0.3) is 5.91 Å². The number of hydrogen-bond acceptors (Lipinski definition) is 2. The lowest BCUT2D eigenvalue weighted by Gasteiger charge is -2.16. The maximum atomic E-state index is 13.6. The van der Waals surface area contributed by atoms with E-state index in [2.05, 4.69) is 10.2 Å². The van der Waals surface area contributed by atoms with E-state index in [1.807, 2.05) is 0 Å². The minimum Gasteiger partial charge on any atom is -0.336 e. The van der Waals surface area contributed by atoms with E-state index in [1.54, 1.807) is 12.1 Å². The van der Waals surface area contributed by atoms with Gasteiger partial charge in [0.1, 0.15) is 17.8 Å². The minimum absolute atomic E-state index is 0.0593. The van der Waals surface area contributed by atoms with Gasteiger partial charge in [0, 0.05) is 23.6 Å². The molecule has 1 aliphatic heterocycles. The molecule has 4 rings (SSSR count). The summed E-state index contributed by atoms with van der Waals surface area (Å²) in [5, 5.41) is 7.36. The number of carbonyl (C=O) groups excluding carboxylic acids is 1. The first-order chi connectivity index (χ1) is 12.0. The summed E-state index contributed by atoms with van der Waals surface area (Å²) in [5.74, 6) is -1.72. The van der Waals surface area contributed by atoms with Crippen LogP contribution in [0.1, 0.15) is 16.8 Å². The van der Waals surface area contributed by atoms with Gasteiger partial charge in [0.2, 0.25) is 0 Å². The van der Waals surface area contributed by atoms with Gasteiger partial charge in [-0.05, 0) is 41.8 Å². The number of alkyl halides is 1. The van der Waals surface area contributed by atoms with Crippen molar-refractivity contribution in [2.24, 2.45) is 0 Å². The molecule has 0 unspecified atom stereocenters. The Balaban J connectivity index is 1.84. The van der Waals surface area contributed by atoms with Crippen molar-refractivity contribution in [1.29, 1.82) is 0 Å². The highest BCUT2D eigenvalue weighted by Gasteiger charge is 2.27. The molecule has 1 saturated heterocycles. The van der Waals surface area contributed by atoms with Crippen LogP contribution in [0.15, 0.2) is 36.5 Å². The zero-order chi connectivity index (χ0) is 17.6. The monoisotopic (exact) mass is 345 g/mol. The Kier molecular flexibility index (Phi) is 3.71. The summed E-state index contributed by atoms with van der Waals surface area (Å²) in [7, 11) is 0. The fraction of sp³-hybridized carbons (Fsp3) is 0.222. The molecule has 0 saturated carbocycles. The predicted molar refractivity (Wildman–Crippen MR) is 86.9 cm³/mol. The van der Waals surface area contributed by atoms with Gasteiger partial charge in [0.15, 0.2) is 0 Å². The number of amides is 1. The first-order valence-electron chi connectivity index (χ1n) is 7.88. The van der Waals surface area contributed by atoms with Crippen molar-refractivity contribution in [3.63, 3.8) is 0 Å². The molecular formula is C18H14F3N3O. The number of fused-ring (bicyclic) bond motifs is 1. The normalized spacial score (nSPS) is 17.4. The summed E-state index contributed by atoms with van der Waals surface area (Å²) in [6, 6.07) is 6.38. The average molecular weight is 345 g/mol. The van der Waals surface area contributed by atoms with Crippen molar-refractivity contribution >= 4 is 16.8 Å². The number of aromatic amines is 1. The number of benzene rings is 2. The van der Waals surface area contributed by atoms with Gasteiger partial charge in [0.05, 0.1) is 18.3 Å². The molecule has 1 N–H and O–H groups in total. The summed E-state index contributed by atoms with van der Waals surface area (Å²) in [6.07, 6.45) is 0.839. The van der Waals surface area contributed by atoms with Crippen LogP contribution in [0.4, 0.5) is 13.2 Å². The maximum Gasteiger partial charge on any atom is 0.254 e. The fourth-order valence-electron chi connectivity index (χ4n) is 3.21. The standard InChI is InChI=1S/C18H14F3N3O/c19-12-1-2-24(9-12)18(25)11-5-15(16-8-22-23-17(16)6-11)10-3-13(20)7-14(21)4-10/h3-8,12H,1-2,9H2,(H,22,23)/t12-/m1/s1. The largest absolute Gasteiger partial charge is 0.336 e. The number of nitrogens with one attached hydrogen (secondary N) is 1. The van der Waals surface area contributed by atoms with Crippen LogP contribution in [0.2, 0.25) is 0 Å². The Bertz CT molecular complexity index is 949. The van der Waals surface area contributed by atoms with Crippen molar-refractivity contribution in [2.45, 2.75) is 12.6 Å². The molecule has 2 aromatic carbocycles. The maximum absolute atomic E-state index is 13.6. The number of aromatic nitrogens is 2. The van der Waals surface area contributed by atoms with Crippen molar-refractivity contribution in [3.05, 3.63) is 53.7 Å². The Labute approximate surface area is 141 Å². The van der Waals surface area contributed by atoms with Crippen molar-refractivity contribution < 1.29 is 18.0 Å². The van der Waals surface area contributed by atoms with Gasteiger partial charge < -0.3 is 4.90 Å². The molecule has 0 aliphatic carbocycles. The second-order valence-corrected chi connectivity index (χ2v) is 6.15. The Morgan fingerprint density at radius 3 is 2.60 bits per heavy atom.